The molecule has 3 heterocycles. The first kappa shape index (κ1) is 22.9. The first-order valence-corrected chi connectivity index (χ1v) is 11.6. The number of rotatable bonds is 8. The second kappa shape index (κ2) is 10.6. The van der Waals surface area contributed by atoms with E-state index in [9.17, 15) is 14.0 Å². The van der Waals surface area contributed by atoms with Gasteiger partial charge >= 0.3 is 0 Å². The smallest absolute Gasteiger partial charge is 0.224 e. The van der Waals surface area contributed by atoms with Crippen molar-refractivity contribution in [3.8, 4) is 0 Å². The highest BCUT2D eigenvalue weighted by Crippen LogP contribution is 2.22. The summed E-state index contributed by atoms with van der Waals surface area (Å²) in [5.74, 6) is 1.24. The van der Waals surface area contributed by atoms with Gasteiger partial charge in [-0.1, -0.05) is 12.1 Å². The fraction of sp³-hybridized carbons (Fsp3) is 0.391. The van der Waals surface area contributed by atoms with Crippen molar-refractivity contribution in [1.29, 1.82) is 0 Å². The average molecular weight is 472 g/mol. The zero-order chi connectivity index (χ0) is 23.2. The summed E-state index contributed by atoms with van der Waals surface area (Å²) in [6.45, 7) is 4.74. The Labute approximate surface area is 195 Å². The van der Waals surface area contributed by atoms with E-state index < -0.39 is 0 Å². The van der Waals surface area contributed by atoms with Crippen LogP contribution in [-0.4, -0.2) is 63.7 Å². The minimum Gasteiger partial charge on any atom is -0.467 e. The van der Waals surface area contributed by atoms with Crippen LogP contribution in [0.1, 0.15) is 30.5 Å². The molecule has 4 rings (SSSR count). The first-order chi connectivity index (χ1) is 16.0. The zero-order valence-electron chi connectivity index (χ0n) is 18.4. The summed E-state index contributed by atoms with van der Waals surface area (Å²) in [5.41, 5.74) is 0.929. The lowest BCUT2D eigenvalue weighted by Crippen LogP contribution is -2.50. The molecule has 8 nitrogen and oxygen atoms in total. The maximum Gasteiger partial charge on any atom is 0.224 e. The van der Waals surface area contributed by atoms with Crippen molar-refractivity contribution in [1.82, 2.24) is 19.2 Å². The van der Waals surface area contributed by atoms with Crippen LogP contribution in [0.25, 0.3) is 0 Å². The largest absolute Gasteiger partial charge is 0.467 e. The number of piperazine rings is 1. The molecule has 33 heavy (non-hydrogen) atoms. The average Bonchev–Trinajstić information content (AvgIpc) is 3.50. The quantitative estimate of drug-likeness (QED) is 0.502. The molecule has 2 amide bonds. The molecule has 0 unspecified atom stereocenters. The molecular formula is C23H26FN5O3S. The van der Waals surface area contributed by atoms with Gasteiger partial charge in [0.1, 0.15) is 17.4 Å². The molecule has 10 heteroatoms. The van der Waals surface area contributed by atoms with Crippen LogP contribution in [0.2, 0.25) is 0 Å². The third kappa shape index (κ3) is 6.16. The minimum atomic E-state index is -0.275. The third-order valence-electron chi connectivity index (χ3n) is 5.60. The summed E-state index contributed by atoms with van der Waals surface area (Å²) < 4.78 is 23.1. The van der Waals surface area contributed by atoms with Gasteiger partial charge in [-0.25, -0.2) is 9.37 Å². The number of carbonyl (C=O) groups excluding carboxylic acids is 2. The Balaban J connectivity index is 1.39. The summed E-state index contributed by atoms with van der Waals surface area (Å²) >= 11 is 1.27. The lowest BCUT2D eigenvalue weighted by atomic mass is 10.1. The number of nitrogens with zero attached hydrogens (tertiary/aromatic N) is 5. The number of anilines is 1. The molecule has 0 spiro atoms. The Kier molecular flexibility index (Phi) is 7.33. The van der Waals surface area contributed by atoms with Crippen molar-refractivity contribution in [3.63, 3.8) is 0 Å². The fourth-order valence-corrected chi connectivity index (χ4v) is 4.43. The van der Waals surface area contributed by atoms with Crippen LogP contribution < -0.4 is 4.90 Å². The summed E-state index contributed by atoms with van der Waals surface area (Å²) in [6, 6.07) is 10.0. The molecule has 1 aliphatic rings. The van der Waals surface area contributed by atoms with Gasteiger partial charge in [-0.3, -0.25) is 9.59 Å². The highest BCUT2D eigenvalue weighted by molar-refractivity contribution is 7.09. The Hall–Kier alpha value is -3.27. The molecule has 0 atom stereocenters. The minimum absolute atomic E-state index is 0.0411. The van der Waals surface area contributed by atoms with Gasteiger partial charge in [0, 0.05) is 64.0 Å². The van der Waals surface area contributed by atoms with Crippen LogP contribution in [0.3, 0.4) is 0 Å². The molecule has 2 aromatic heterocycles. The van der Waals surface area contributed by atoms with Crippen LogP contribution >= 0.6 is 11.5 Å². The maximum absolute atomic E-state index is 13.2. The van der Waals surface area contributed by atoms with Crippen molar-refractivity contribution >= 4 is 28.5 Å². The zero-order valence-corrected chi connectivity index (χ0v) is 19.3. The van der Waals surface area contributed by atoms with Crippen LogP contribution in [0.15, 0.2) is 47.1 Å². The predicted octanol–water partition coefficient (Wildman–Crippen LogP) is 2.95. The Morgan fingerprint density at radius 3 is 2.52 bits per heavy atom. The Morgan fingerprint density at radius 2 is 1.85 bits per heavy atom. The van der Waals surface area contributed by atoms with Crippen LogP contribution in [0, 0.1) is 5.82 Å². The molecular weight excluding hydrogens is 445 g/mol. The lowest BCUT2D eigenvalue weighted by Gasteiger charge is -2.34. The fourth-order valence-electron chi connectivity index (χ4n) is 3.72. The Bertz CT molecular complexity index is 1060. The summed E-state index contributed by atoms with van der Waals surface area (Å²) in [6.07, 6.45) is 2.45. The molecule has 1 aliphatic heterocycles. The SMILES string of the molecule is CC(=O)N1CCN(C(=O)CCN(Cc2ccco2)c2nc(Cc3ccc(F)cc3)ns2)CC1. The lowest BCUT2D eigenvalue weighted by molar-refractivity contribution is -0.138. The van der Waals surface area contributed by atoms with Gasteiger partial charge in [0.2, 0.25) is 16.9 Å². The van der Waals surface area contributed by atoms with E-state index in [4.69, 9.17) is 4.42 Å². The highest BCUT2D eigenvalue weighted by atomic mass is 32.1. The standard InChI is InChI=1S/C23H26FN5O3S/c1-17(30)27-10-12-28(13-11-27)22(31)8-9-29(16-20-3-2-14-32-20)23-25-21(26-33-23)15-18-4-6-19(24)7-5-18/h2-7,14H,8-13,15-16H2,1H3. The molecule has 0 bridgehead atoms. The Morgan fingerprint density at radius 1 is 1.12 bits per heavy atom. The summed E-state index contributed by atoms with van der Waals surface area (Å²) in [5, 5.41) is 0.706. The van der Waals surface area contributed by atoms with Gasteiger partial charge in [0.25, 0.3) is 0 Å². The maximum atomic E-state index is 13.2. The number of carbonyl (C=O) groups is 2. The van der Waals surface area contributed by atoms with E-state index in [1.807, 2.05) is 21.9 Å². The normalized spacial score (nSPS) is 13.9. The molecule has 1 fully saturated rings. The first-order valence-electron chi connectivity index (χ1n) is 10.9. The number of benzene rings is 1. The van der Waals surface area contributed by atoms with Gasteiger partial charge in [-0.05, 0) is 29.8 Å². The van der Waals surface area contributed by atoms with Crippen LogP contribution in [-0.2, 0) is 22.6 Å². The number of hydrogen-bond donors (Lipinski definition) is 0. The summed E-state index contributed by atoms with van der Waals surface area (Å²) in [4.78, 5) is 34.5. The van der Waals surface area contributed by atoms with Crippen molar-refractivity contribution in [3.05, 3.63) is 65.6 Å². The van der Waals surface area contributed by atoms with E-state index in [1.54, 1.807) is 30.2 Å². The number of amides is 2. The van der Waals surface area contributed by atoms with E-state index in [0.29, 0.717) is 63.1 Å². The van der Waals surface area contributed by atoms with Gasteiger partial charge in [-0.2, -0.15) is 4.37 Å². The van der Waals surface area contributed by atoms with E-state index in [-0.39, 0.29) is 17.6 Å². The monoisotopic (exact) mass is 471 g/mol. The molecule has 0 N–H and O–H groups in total. The van der Waals surface area contributed by atoms with Crippen molar-refractivity contribution in [2.75, 3.05) is 37.6 Å². The van der Waals surface area contributed by atoms with Crippen LogP contribution in [0.5, 0.6) is 0 Å². The van der Waals surface area contributed by atoms with Gasteiger partial charge in [0.15, 0.2) is 0 Å². The topological polar surface area (TPSA) is 82.8 Å². The predicted molar refractivity (Wildman–Crippen MR) is 122 cm³/mol. The second-order valence-corrected chi connectivity index (χ2v) is 8.66. The molecule has 3 aromatic rings. The molecule has 1 aromatic carbocycles. The molecule has 0 aliphatic carbocycles. The number of hydrogen-bond acceptors (Lipinski definition) is 7. The number of aromatic nitrogens is 2. The van der Waals surface area contributed by atoms with E-state index in [2.05, 4.69) is 9.36 Å². The van der Waals surface area contributed by atoms with Crippen molar-refractivity contribution < 1.29 is 18.4 Å². The third-order valence-corrected chi connectivity index (χ3v) is 6.42. The van der Waals surface area contributed by atoms with E-state index >= 15 is 0 Å². The molecule has 0 radical (unpaired) electrons. The number of furan rings is 1. The molecule has 174 valence electrons. The molecule has 1 saturated heterocycles. The van der Waals surface area contributed by atoms with Gasteiger partial charge in [-0.15, -0.1) is 0 Å². The van der Waals surface area contributed by atoms with Gasteiger partial charge in [0.05, 0.1) is 12.8 Å². The van der Waals surface area contributed by atoms with E-state index in [1.165, 1.54) is 23.7 Å². The number of halogens is 1. The second-order valence-electron chi connectivity index (χ2n) is 7.93. The van der Waals surface area contributed by atoms with E-state index in [0.717, 1.165) is 11.3 Å². The van der Waals surface area contributed by atoms with Crippen LogP contribution in [0.4, 0.5) is 9.52 Å². The summed E-state index contributed by atoms with van der Waals surface area (Å²) in [7, 11) is 0. The van der Waals surface area contributed by atoms with Gasteiger partial charge < -0.3 is 19.1 Å². The van der Waals surface area contributed by atoms with Crippen molar-refractivity contribution in [2.24, 2.45) is 0 Å². The van der Waals surface area contributed by atoms with Crippen molar-refractivity contribution in [2.45, 2.75) is 26.3 Å². The highest BCUT2D eigenvalue weighted by Gasteiger charge is 2.23. The molecule has 0 saturated carbocycles.